The third kappa shape index (κ3) is 1.12. The molecule has 0 bridgehead atoms. The Hall–Kier alpha value is -0.0151. The van der Waals surface area contributed by atoms with Crippen molar-refractivity contribution in [1.29, 1.82) is 0 Å². The van der Waals surface area contributed by atoms with Gasteiger partial charge < -0.3 is 9.47 Å². The Balaban J connectivity index is 2.24. The molecule has 50 valence electrons. The molecule has 1 rings (SSSR count). The van der Waals surface area contributed by atoms with E-state index in [-0.39, 0.29) is 18.0 Å². The molecule has 2 unspecified atom stereocenters. The summed E-state index contributed by atoms with van der Waals surface area (Å²) in [6.07, 6.45) is 1.37. The Morgan fingerprint density at radius 2 is 1.67 bits per heavy atom. The van der Waals surface area contributed by atoms with Crippen LogP contribution in [0.5, 0.6) is 0 Å². The Morgan fingerprint density at radius 1 is 1.22 bits per heavy atom. The molecular weight excluding hydrogens is 115 g/mol. The molecule has 0 heterocycles. The van der Waals surface area contributed by atoms with Gasteiger partial charge in [0, 0.05) is 14.2 Å². The zero-order chi connectivity index (χ0) is 6.85. The van der Waals surface area contributed by atoms with Crippen molar-refractivity contribution in [3.63, 3.8) is 0 Å². The van der Waals surface area contributed by atoms with E-state index >= 15 is 0 Å². The Bertz CT molecular complexity index is 87.1. The van der Waals surface area contributed by atoms with Crippen molar-refractivity contribution in [3.05, 3.63) is 0 Å². The summed E-state index contributed by atoms with van der Waals surface area (Å²) in [5, 5.41) is 0. The van der Waals surface area contributed by atoms with E-state index in [1.807, 2.05) is 0 Å². The molecule has 0 saturated heterocycles. The molecule has 0 aliphatic heterocycles. The van der Waals surface area contributed by atoms with Gasteiger partial charge in [-0.05, 0) is 12.2 Å². The summed E-state index contributed by atoms with van der Waals surface area (Å²) in [4.78, 5) is 0. The molecule has 0 spiro atoms. The van der Waals surface area contributed by atoms with Crippen molar-refractivity contribution in [3.8, 4) is 0 Å². The quantitative estimate of drug-likeness (QED) is 0.498. The maximum absolute atomic E-state index is 5.64. The van der Waals surface area contributed by atoms with Gasteiger partial charge in [0.2, 0.25) is 0 Å². The van der Waals surface area contributed by atoms with Crippen LogP contribution in [0, 0.1) is 0 Å². The molecule has 0 aromatic carbocycles. The molecule has 2 atom stereocenters. The van der Waals surface area contributed by atoms with Crippen molar-refractivity contribution >= 4 is 7.85 Å². The van der Waals surface area contributed by atoms with Gasteiger partial charge in [-0.2, -0.15) is 0 Å². The fraction of sp³-hybridized carbons (Fsp3) is 1.00. The van der Waals surface area contributed by atoms with E-state index < -0.39 is 0 Å². The third-order valence-corrected chi connectivity index (χ3v) is 1.93. The van der Waals surface area contributed by atoms with Crippen molar-refractivity contribution in [2.24, 2.45) is 0 Å². The molecule has 9 heavy (non-hydrogen) atoms. The van der Waals surface area contributed by atoms with E-state index in [2.05, 4.69) is 0 Å². The molecule has 3 heteroatoms. The fourth-order valence-corrected chi connectivity index (χ4v) is 1.09. The minimum absolute atomic E-state index is 0.0833. The van der Waals surface area contributed by atoms with Crippen LogP contribution in [-0.2, 0) is 9.47 Å². The molecule has 0 N–H and O–H groups in total. The molecule has 0 amide bonds. The molecule has 2 radical (unpaired) electrons. The van der Waals surface area contributed by atoms with Gasteiger partial charge in [-0.15, -0.1) is 0 Å². The Morgan fingerprint density at radius 3 is 1.89 bits per heavy atom. The van der Waals surface area contributed by atoms with Crippen molar-refractivity contribution in [2.75, 3.05) is 14.2 Å². The minimum atomic E-state index is 0.0833. The lowest BCUT2D eigenvalue weighted by atomic mass is 9.66. The highest BCUT2D eigenvalue weighted by molar-refractivity contribution is 6.13. The molecule has 2 nitrogen and oxygen atoms in total. The first-order valence-electron chi connectivity index (χ1n) is 3.10. The van der Waals surface area contributed by atoms with E-state index in [1.54, 1.807) is 14.2 Å². The molecular formula is C6H11BO2. The summed E-state index contributed by atoms with van der Waals surface area (Å²) in [5.41, 5.74) is 0. The molecule has 0 aromatic heterocycles. The largest absolute Gasteiger partial charge is 0.382 e. The smallest absolute Gasteiger partial charge is 0.0770 e. The van der Waals surface area contributed by atoms with Gasteiger partial charge in [0.15, 0.2) is 0 Å². The topological polar surface area (TPSA) is 18.5 Å². The summed E-state index contributed by atoms with van der Waals surface area (Å²) in [6, 6.07) is 0. The van der Waals surface area contributed by atoms with E-state index in [9.17, 15) is 0 Å². The van der Waals surface area contributed by atoms with E-state index in [4.69, 9.17) is 17.3 Å². The van der Waals surface area contributed by atoms with Crippen molar-refractivity contribution < 1.29 is 9.47 Å². The summed E-state index contributed by atoms with van der Waals surface area (Å²) in [7, 11) is 8.99. The number of rotatable bonds is 2. The van der Waals surface area contributed by atoms with Crippen LogP contribution in [0.25, 0.3) is 0 Å². The van der Waals surface area contributed by atoms with Crippen LogP contribution >= 0.6 is 0 Å². The number of ether oxygens (including phenoxy) is 2. The standard InChI is InChI=1S/C6H11BO2/c1-8-4-3-5(9-2)6(4)7/h4-6H,3H2,1-2H3. The van der Waals surface area contributed by atoms with Crippen LogP contribution in [0.2, 0.25) is 5.82 Å². The SMILES string of the molecule is [B]C1C(OC)CC1OC. The van der Waals surface area contributed by atoms with Crippen LogP contribution in [0.1, 0.15) is 6.42 Å². The fourth-order valence-electron chi connectivity index (χ4n) is 1.09. The summed E-state index contributed by atoms with van der Waals surface area (Å²) in [5.74, 6) is 0.0833. The van der Waals surface area contributed by atoms with Gasteiger partial charge >= 0.3 is 0 Å². The Kier molecular flexibility index (Phi) is 2.14. The van der Waals surface area contributed by atoms with Gasteiger partial charge in [0.05, 0.1) is 20.1 Å². The second-order valence-electron chi connectivity index (χ2n) is 2.36. The normalized spacial score (nSPS) is 42.2. The lowest BCUT2D eigenvalue weighted by Crippen LogP contribution is -2.43. The summed E-state index contributed by atoms with van der Waals surface area (Å²) < 4.78 is 10.1. The summed E-state index contributed by atoms with van der Waals surface area (Å²) >= 11 is 0. The molecule has 1 fully saturated rings. The monoisotopic (exact) mass is 126 g/mol. The van der Waals surface area contributed by atoms with Gasteiger partial charge in [-0.1, -0.05) is 0 Å². The van der Waals surface area contributed by atoms with Gasteiger partial charge in [-0.25, -0.2) is 0 Å². The summed E-state index contributed by atoms with van der Waals surface area (Å²) in [6.45, 7) is 0. The number of hydrogen-bond acceptors (Lipinski definition) is 2. The molecule has 0 aromatic rings. The van der Waals surface area contributed by atoms with Crippen molar-refractivity contribution in [1.82, 2.24) is 0 Å². The zero-order valence-corrected chi connectivity index (χ0v) is 5.83. The number of methoxy groups -OCH3 is 2. The van der Waals surface area contributed by atoms with Crippen LogP contribution in [0.4, 0.5) is 0 Å². The van der Waals surface area contributed by atoms with Crippen LogP contribution < -0.4 is 0 Å². The Labute approximate surface area is 56.9 Å². The lowest BCUT2D eigenvalue weighted by Gasteiger charge is -2.40. The highest BCUT2D eigenvalue weighted by atomic mass is 16.5. The second kappa shape index (κ2) is 2.71. The molecule has 1 aliphatic carbocycles. The first-order valence-corrected chi connectivity index (χ1v) is 3.10. The van der Waals surface area contributed by atoms with Gasteiger partial charge in [-0.3, -0.25) is 0 Å². The molecule has 1 saturated carbocycles. The highest BCUT2D eigenvalue weighted by Gasteiger charge is 2.37. The maximum Gasteiger partial charge on any atom is 0.0770 e. The van der Waals surface area contributed by atoms with Crippen LogP contribution in [0.3, 0.4) is 0 Å². The molecule has 1 aliphatic rings. The van der Waals surface area contributed by atoms with E-state index in [0.29, 0.717) is 0 Å². The first-order chi connectivity index (χ1) is 4.29. The van der Waals surface area contributed by atoms with Crippen molar-refractivity contribution in [2.45, 2.75) is 24.4 Å². The highest BCUT2D eigenvalue weighted by Crippen LogP contribution is 2.34. The third-order valence-electron chi connectivity index (χ3n) is 1.93. The van der Waals surface area contributed by atoms with E-state index in [0.717, 1.165) is 6.42 Å². The minimum Gasteiger partial charge on any atom is -0.382 e. The lowest BCUT2D eigenvalue weighted by molar-refractivity contribution is -0.0679. The van der Waals surface area contributed by atoms with Gasteiger partial charge in [0.1, 0.15) is 0 Å². The second-order valence-corrected chi connectivity index (χ2v) is 2.36. The predicted molar refractivity (Wildman–Crippen MR) is 35.7 cm³/mol. The maximum atomic E-state index is 5.64. The van der Waals surface area contributed by atoms with Gasteiger partial charge in [0.25, 0.3) is 0 Å². The number of hydrogen-bond donors (Lipinski definition) is 0. The zero-order valence-electron chi connectivity index (χ0n) is 5.83. The first kappa shape index (κ1) is 7.10. The van der Waals surface area contributed by atoms with Crippen LogP contribution in [0.15, 0.2) is 0 Å². The average Bonchev–Trinajstić information content (AvgIpc) is 1.87. The average molecular weight is 126 g/mol. The van der Waals surface area contributed by atoms with Crippen LogP contribution in [-0.4, -0.2) is 34.3 Å². The van der Waals surface area contributed by atoms with E-state index in [1.165, 1.54) is 0 Å². The predicted octanol–water partition coefficient (Wildman–Crippen LogP) is 0.377.